The van der Waals surface area contributed by atoms with E-state index in [9.17, 15) is 9.59 Å². The molecule has 0 aliphatic rings. The van der Waals surface area contributed by atoms with Crippen LogP contribution in [0.25, 0.3) is 0 Å². The molecule has 0 aromatic heterocycles. The zero-order valence-electron chi connectivity index (χ0n) is 14.3. The van der Waals surface area contributed by atoms with E-state index in [-0.39, 0.29) is 22.9 Å². The molecule has 0 aromatic rings. The van der Waals surface area contributed by atoms with Crippen molar-refractivity contribution in [2.24, 2.45) is 0 Å². The Morgan fingerprint density at radius 3 is 1.82 bits per heavy atom. The summed E-state index contributed by atoms with van der Waals surface area (Å²) in [6.45, 7) is 6.21. The summed E-state index contributed by atoms with van der Waals surface area (Å²) >= 11 is 3.06. The van der Waals surface area contributed by atoms with Gasteiger partial charge >= 0.3 is 11.9 Å². The molecule has 0 amide bonds. The molecule has 5 heteroatoms. The summed E-state index contributed by atoms with van der Waals surface area (Å²) in [6, 6.07) is 0. The fraction of sp³-hybridized carbons (Fsp3) is 0.882. The van der Waals surface area contributed by atoms with Crippen molar-refractivity contribution in [1.29, 1.82) is 0 Å². The molecule has 4 nitrogen and oxygen atoms in total. The molecule has 0 radical (unpaired) electrons. The molecule has 0 rings (SSSR count). The quantitative estimate of drug-likeness (QED) is 0.278. The molecule has 0 N–H and O–H groups in total. The second kappa shape index (κ2) is 12.9. The van der Waals surface area contributed by atoms with Gasteiger partial charge in [-0.3, -0.25) is 9.59 Å². The first-order valence-corrected chi connectivity index (χ1v) is 9.41. The Morgan fingerprint density at radius 2 is 1.32 bits per heavy atom. The molecular weight excluding hydrogens is 348 g/mol. The first-order chi connectivity index (χ1) is 10.3. The standard InChI is InChI=1S/C17H31BrO4/c1-17(2,3)22-15(19)12-10-8-6-4-5-7-9-11-13-21-16(20)14-18/h4-14H2,1-3H3. The largest absolute Gasteiger partial charge is 0.465 e. The van der Waals surface area contributed by atoms with Crippen molar-refractivity contribution < 1.29 is 19.1 Å². The Balaban J connectivity index is 3.24. The molecule has 0 spiro atoms. The number of halogens is 1. The fourth-order valence-electron chi connectivity index (χ4n) is 2.05. The van der Waals surface area contributed by atoms with E-state index < -0.39 is 0 Å². The van der Waals surface area contributed by atoms with Crippen LogP contribution in [-0.2, 0) is 19.1 Å². The number of hydrogen-bond donors (Lipinski definition) is 0. The Hall–Kier alpha value is -0.580. The molecule has 0 saturated heterocycles. The first kappa shape index (κ1) is 21.4. The van der Waals surface area contributed by atoms with Gasteiger partial charge in [-0.25, -0.2) is 0 Å². The Morgan fingerprint density at radius 1 is 0.818 bits per heavy atom. The summed E-state index contributed by atoms with van der Waals surface area (Å²) in [5.74, 6) is -0.282. The lowest BCUT2D eigenvalue weighted by atomic mass is 10.1. The number of hydrogen-bond acceptors (Lipinski definition) is 4. The van der Waals surface area contributed by atoms with Crippen molar-refractivity contribution >= 4 is 27.9 Å². The van der Waals surface area contributed by atoms with Crippen LogP contribution in [0, 0.1) is 0 Å². The van der Waals surface area contributed by atoms with E-state index in [0.717, 1.165) is 25.7 Å². The molecule has 0 aromatic carbocycles. The number of carbonyl (C=O) groups is 2. The van der Waals surface area contributed by atoms with Crippen LogP contribution < -0.4 is 0 Å². The van der Waals surface area contributed by atoms with Crippen molar-refractivity contribution in [3.05, 3.63) is 0 Å². The molecule has 0 bridgehead atoms. The van der Waals surface area contributed by atoms with Gasteiger partial charge in [0.05, 0.1) is 6.61 Å². The van der Waals surface area contributed by atoms with Crippen LogP contribution in [0.2, 0.25) is 0 Å². The van der Waals surface area contributed by atoms with Crippen LogP contribution in [0.5, 0.6) is 0 Å². The predicted molar refractivity (Wildman–Crippen MR) is 92.2 cm³/mol. The van der Waals surface area contributed by atoms with Crippen LogP contribution in [0.3, 0.4) is 0 Å². The van der Waals surface area contributed by atoms with Gasteiger partial charge in [0.1, 0.15) is 10.9 Å². The second-order valence-corrected chi connectivity index (χ2v) is 7.08. The zero-order valence-corrected chi connectivity index (χ0v) is 15.9. The van der Waals surface area contributed by atoms with Crippen LogP contribution in [0.1, 0.15) is 78.6 Å². The van der Waals surface area contributed by atoms with E-state index in [4.69, 9.17) is 9.47 Å². The van der Waals surface area contributed by atoms with Crippen LogP contribution in [-0.4, -0.2) is 29.5 Å². The number of unbranched alkanes of at least 4 members (excludes halogenated alkanes) is 7. The monoisotopic (exact) mass is 378 g/mol. The summed E-state index contributed by atoms with van der Waals surface area (Å²) in [5, 5.41) is 0.274. The Labute approximate surface area is 143 Å². The van der Waals surface area contributed by atoms with Gasteiger partial charge in [-0.1, -0.05) is 54.5 Å². The number of esters is 2. The smallest absolute Gasteiger partial charge is 0.316 e. The lowest BCUT2D eigenvalue weighted by Gasteiger charge is -2.19. The highest BCUT2D eigenvalue weighted by atomic mass is 79.9. The predicted octanol–water partition coefficient (Wildman–Crippen LogP) is 4.78. The van der Waals surface area contributed by atoms with Crippen molar-refractivity contribution in [2.45, 2.75) is 84.2 Å². The van der Waals surface area contributed by atoms with Crippen LogP contribution in [0.4, 0.5) is 0 Å². The van der Waals surface area contributed by atoms with E-state index in [1.165, 1.54) is 25.7 Å². The summed E-state index contributed by atoms with van der Waals surface area (Å²) in [6.07, 6.45) is 9.33. The fourth-order valence-corrected chi connectivity index (χ4v) is 2.21. The molecule has 0 fully saturated rings. The highest BCUT2D eigenvalue weighted by molar-refractivity contribution is 9.09. The summed E-state index contributed by atoms with van der Waals surface area (Å²) in [7, 11) is 0. The molecule has 0 heterocycles. The number of ether oxygens (including phenoxy) is 2. The summed E-state index contributed by atoms with van der Waals surface area (Å²) < 4.78 is 10.2. The highest BCUT2D eigenvalue weighted by Crippen LogP contribution is 2.13. The van der Waals surface area contributed by atoms with Crippen molar-refractivity contribution in [3.63, 3.8) is 0 Å². The number of carbonyl (C=O) groups excluding carboxylic acids is 2. The summed E-state index contributed by atoms with van der Waals surface area (Å²) in [5.41, 5.74) is -0.375. The minimum atomic E-state index is -0.375. The normalized spacial score (nSPS) is 11.3. The minimum Gasteiger partial charge on any atom is -0.465 e. The third-order valence-electron chi connectivity index (χ3n) is 3.07. The maximum atomic E-state index is 11.5. The van der Waals surface area contributed by atoms with Gasteiger partial charge in [0.15, 0.2) is 0 Å². The Bertz CT molecular complexity index is 310. The van der Waals surface area contributed by atoms with Crippen molar-refractivity contribution in [1.82, 2.24) is 0 Å². The van der Waals surface area contributed by atoms with Crippen LogP contribution >= 0.6 is 15.9 Å². The van der Waals surface area contributed by atoms with Gasteiger partial charge in [-0.2, -0.15) is 0 Å². The van der Waals surface area contributed by atoms with Crippen LogP contribution in [0.15, 0.2) is 0 Å². The first-order valence-electron chi connectivity index (χ1n) is 8.28. The number of rotatable bonds is 12. The highest BCUT2D eigenvalue weighted by Gasteiger charge is 2.15. The number of alkyl halides is 1. The lowest BCUT2D eigenvalue weighted by Crippen LogP contribution is -2.23. The third-order valence-corrected chi connectivity index (χ3v) is 3.53. The second-order valence-electron chi connectivity index (χ2n) is 6.52. The van der Waals surface area contributed by atoms with Gasteiger partial charge in [-0.05, 0) is 33.6 Å². The van der Waals surface area contributed by atoms with Gasteiger partial charge in [0.25, 0.3) is 0 Å². The van der Waals surface area contributed by atoms with E-state index in [1.54, 1.807) is 0 Å². The molecule has 22 heavy (non-hydrogen) atoms. The van der Waals surface area contributed by atoms with Gasteiger partial charge in [0, 0.05) is 6.42 Å². The van der Waals surface area contributed by atoms with Crippen molar-refractivity contribution in [2.75, 3.05) is 11.9 Å². The SMILES string of the molecule is CC(C)(C)OC(=O)CCCCCCCCCCOC(=O)CBr. The maximum absolute atomic E-state index is 11.5. The average Bonchev–Trinajstić information content (AvgIpc) is 2.42. The topological polar surface area (TPSA) is 52.6 Å². The van der Waals surface area contributed by atoms with E-state index in [2.05, 4.69) is 15.9 Å². The molecule has 0 atom stereocenters. The van der Waals surface area contributed by atoms with Gasteiger partial charge < -0.3 is 9.47 Å². The maximum Gasteiger partial charge on any atom is 0.316 e. The molecular formula is C17H31BrO4. The summed E-state index contributed by atoms with van der Waals surface area (Å²) in [4.78, 5) is 22.4. The average molecular weight is 379 g/mol. The molecule has 0 unspecified atom stereocenters. The molecule has 0 aliphatic carbocycles. The third kappa shape index (κ3) is 15.8. The molecule has 130 valence electrons. The minimum absolute atomic E-state index is 0.0921. The van der Waals surface area contributed by atoms with Crippen molar-refractivity contribution in [3.8, 4) is 0 Å². The Kier molecular flexibility index (Phi) is 12.6. The van der Waals surface area contributed by atoms with Gasteiger partial charge in [0.2, 0.25) is 0 Å². The van der Waals surface area contributed by atoms with E-state index in [1.807, 2.05) is 20.8 Å². The molecule has 0 aliphatic heterocycles. The lowest BCUT2D eigenvalue weighted by molar-refractivity contribution is -0.155. The molecule has 0 saturated carbocycles. The van der Waals surface area contributed by atoms with E-state index >= 15 is 0 Å². The van der Waals surface area contributed by atoms with Gasteiger partial charge in [-0.15, -0.1) is 0 Å². The zero-order chi connectivity index (χ0) is 16.8. The van der Waals surface area contributed by atoms with E-state index in [0.29, 0.717) is 13.0 Å².